The molecule has 0 bridgehead atoms. The van der Waals surface area contributed by atoms with Crippen LogP contribution in [0.3, 0.4) is 0 Å². The Labute approximate surface area is 183 Å². The maximum absolute atomic E-state index is 12.1. The number of aryl methyl sites for hydroxylation is 2. The number of halogens is 2. The Morgan fingerprint density at radius 2 is 2.03 bits per heavy atom. The molecule has 0 aliphatic rings. The Morgan fingerprint density at radius 3 is 2.72 bits per heavy atom. The van der Waals surface area contributed by atoms with Gasteiger partial charge in [-0.15, -0.1) is 11.3 Å². The van der Waals surface area contributed by atoms with Gasteiger partial charge in [-0.1, -0.05) is 34.4 Å². The third-order valence-electron chi connectivity index (χ3n) is 4.25. The first-order chi connectivity index (χ1) is 13.8. The van der Waals surface area contributed by atoms with E-state index in [-0.39, 0.29) is 6.03 Å². The van der Waals surface area contributed by atoms with E-state index in [1.807, 2.05) is 32.3 Å². The highest BCUT2D eigenvalue weighted by Gasteiger charge is 2.13. The van der Waals surface area contributed by atoms with Crippen LogP contribution in [0.25, 0.3) is 0 Å². The average molecular weight is 454 g/mol. The molecule has 2 amide bonds. The monoisotopic (exact) mass is 453 g/mol. The third kappa shape index (κ3) is 5.93. The van der Waals surface area contributed by atoms with E-state index in [9.17, 15) is 4.79 Å². The second-order valence-electron chi connectivity index (χ2n) is 6.68. The van der Waals surface area contributed by atoms with Gasteiger partial charge < -0.3 is 9.84 Å². The minimum atomic E-state index is -0.332. The van der Waals surface area contributed by atoms with Crippen LogP contribution in [-0.2, 0) is 19.6 Å². The van der Waals surface area contributed by atoms with Gasteiger partial charge in [0.15, 0.2) is 5.13 Å². The van der Waals surface area contributed by atoms with E-state index in [4.69, 9.17) is 27.7 Å². The highest BCUT2D eigenvalue weighted by atomic mass is 35.5. The summed E-state index contributed by atoms with van der Waals surface area (Å²) in [5, 5.41) is 12.9. The van der Waals surface area contributed by atoms with Crippen LogP contribution in [0, 0.1) is 13.8 Å². The molecule has 2 N–H and O–H groups in total. The number of carbonyl (C=O) groups is 1. The molecule has 0 saturated carbocycles. The number of benzene rings is 1. The summed E-state index contributed by atoms with van der Waals surface area (Å²) in [7, 11) is 2.00. The summed E-state index contributed by atoms with van der Waals surface area (Å²) >= 11 is 13.3. The molecule has 0 unspecified atom stereocenters. The molecule has 0 aliphatic carbocycles. The lowest BCUT2D eigenvalue weighted by atomic mass is 10.2. The molecular weight excluding hydrogens is 433 g/mol. The van der Waals surface area contributed by atoms with Gasteiger partial charge in [-0.2, -0.15) is 0 Å². The second kappa shape index (κ2) is 9.58. The molecule has 0 spiro atoms. The van der Waals surface area contributed by atoms with Crippen LogP contribution in [0.2, 0.25) is 10.0 Å². The Hall–Kier alpha value is -2.13. The summed E-state index contributed by atoms with van der Waals surface area (Å²) in [6, 6.07) is 4.90. The molecule has 7 nitrogen and oxygen atoms in total. The van der Waals surface area contributed by atoms with E-state index < -0.39 is 0 Å². The summed E-state index contributed by atoms with van der Waals surface area (Å²) in [6.45, 7) is 5.53. The van der Waals surface area contributed by atoms with Crippen LogP contribution in [0.15, 0.2) is 28.1 Å². The molecule has 154 valence electrons. The normalized spacial score (nSPS) is 11.1. The lowest BCUT2D eigenvalue weighted by molar-refractivity contribution is 0.251. The minimum absolute atomic E-state index is 0.332. The number of amides is 2. The lowest BCUT2D eigenvalue weighted by Crippen LogP contribution is -2.28. The average Bonchev–Trinajstić information content (AvgIpc) is 3.23. The zero-order valence-electron chi connectivity index (χ0n) is 16.3. The third-order valence-corrected chi connectivity index (χ3v) is 5.80. The van der Waals surface area contributed by atoms with Crippen LogP contribution < -0.4 is 10.6 Å². The first kappa shape index (κ1) is 21.6. The van der Waals surface area contributed by atoms with Gasteiger partial charge in [0, 0.05) is 30.6 Å². The van der Waals surface area contributed by atoms with E-state index in [0.29, 0.717) is 34.8 Å². The number of nitrogens with zero attached hydrogens (tertiary/aromatic N) is 3. The summed E-state index contributed by atoms with van der Waals surface area (Å²) in [5.74, 6) is 0.827. The number of aromatic nitrogens is 2. The molecule has 10 heteroatoms. The van der Waals surface area contributed by atoms with E-state index in [1.165, 1.54) is 11.3 Å². The molecule has 0 aliphatic heterocycles. The van der Waals surface area contributed by atoms with E-state index >= 15 is 0 Å². The molecule has 0 atom stereocenters. The Morgan fingerprint density at radius 1 is 1.24 bits per heavy atom. The fourth-order valence-corrected chi connectivity index (χ4v) is 3.76. The van der Waals surface area contributed by atoms with Crippen molar-refractivity contribution < 1.29 is 9.32 Å². The minimum Gasteiger partial charge on any atom is -0.361 e. The van der Waals surface area contributed by atoms with Crippen molar-refractivity contribution in [3.05, 3.63) is 61.9 Å². The van der Waals surface area contributed by atoms with Crippen molar-refractivity contribution in [2.75, 3.05) is 12.4 Å². The maximum Gasteiger partial charge on any atom is 0.321 e. The molecule has 3 rings (SSSR count). The summed E-state index contributed by atoms with van der Waals surface area (Å²) in [6.07, 6.45) is 0. The van der Waals surface area contributed by atoms with E-state index in [2.05, 4.69) is 25.7 Å². The van der Waals surface area contributed by atoms with Gasteiger partial charge in [-0.3, -0.25) is 10.2 Å². The molecule has 0 radical (unpaired) electrons. The molecule has 2 heterocycles. The fourth-order valence-electron chi connectivity index (χ4n) is 2.74. The number of urea groups is 1. The standard InChI is InChI=1S/C19H21Cl2N5O2S/c1-11-15(12(2)28-25-11)9-26(3)8-14-10-29-19(23-14)24-18(27)22-7-13-4-5-16(20)17(21)6-13/h4-6,10H,7-9H2,1-3H3,(H2,22,23,24,27). The van der Waals surface area contributed by atoms with Crippen LogP contribution in [0.4, 0.5) is 9.93 Å². The smallest absolute Gasteiger partial charge is 0.321 e. The van der Waals surface area contributed by atoms with Gasteiger partial charge in [0.25, 0.3) is 0 Å². The number of anilines is 1. The van der Waals surface area contributed by atoms with Crippen molar-refractivity contribution in [2.45, 2.75) is 33.5 Å². The molecule has 2 aromatic heterocycles. The van der Waals surface area contributed by atoms with Crippen LogP contribution in [0.5, 0.6) is 0 Å². The predicted molar refractivity (Wildman–Crippen MR) is 116 cm³/mol. The second-order valence-corrected chi connectivity index (χ2v) is 8.35. The molecule has 3 aromatic rings. The highest BCUT2D eigenvalue weighted by Crippen LogP contribution is 2.23. The van der Waals surface area contributed by atoms with Crippen LogP contribution >= 0.6 is 34.5 Å². The highest BCUT2D eigenvalue weighted by molar-refractivity contribution is 7.13. The fraction of sp³-hybridized carbons (Fsp3) is 0.316. The van der Waals surface area contributed by atoms with Crippen molar-refractivity contribution in [3.8, 4) is 0 Å². The maximum atomic E-state index is 12.1. The van der Waals surface area contributed by atoms with Gasteiger partial charge >= 0.3 is 6.03 Å². The number of carbonyl (C=O) groups excluding carboxylic acids is 1. The Kier molecular flexibility index (Phi) is 7.13. The molecular formula is C19H21Cl2N5O2S. The lowest BCUT2D eigenvalue weighted by Gasteiger charge is -2.14. The number of hydrogen-bond acceptors (Lipinski definition) is 6. The number of thiazole rings is 1. The molecule has 0 fully saturated rings. The number of nitrogens with one attached hydrogen (secondary N) is 2. The van der Waals surface area contributed by atoms with E-state index in [0.717, 1.165) is 28.3 Å². The Balaban J connectivity index is 1.49. The van der Waals surface area contributed by atoms with Gasteiger partial charge in [0.1, 0.15) is 5.76 Å². The van der Waals surface area contributed by atoms with E-state index in [1.54, 1.807) is 12.1 Å². The summed E-state index contributed by atoms with van der Waals surface area (Å²) < 4.78 is 5.20. The van der Waals surface area contributed by atoms with Crippen molar-refractivity contribution >= 4 is 45.7 Å². The van der Waals surface area contributed by atoms with Gasteiger partial charge in [-0.05, 0) is 38.6 Å². The SMILES string of the molecule is Cc1noc(C)c1CN(C)Cc1csc(NC(=O)NCc2ccc(Cl)c(Cl)c2)n1. The first-order valence-electron chi connectivity index (χ1n) is 8.85. The van der Waals surface area contributed by atoms with Crippen LogP contribution in [-0.4, -0.2) is 28.1 Å². The number of rotatable bonds is 7. The predicted octanol–water partition coefficient (Wildman–Crippen LogP) is 5.01. The summed E-state index contributed by atoms with van der Waals surface area (Å²) in [5.41, 5.74) is 3.72. The quantitative estimate of drug-likeness (QED) is 0.525. The van der Waals surface area contributed by atoms with Crippen molar-refractivity contribution in [3.63, 3.8) is 0 Å². The van der Waals surface area contributed by atoms with Crippen LogP contribution in [0.1, 0.15) is 28.3 Å². The van der Waals surface area contributed by atoms with Gasteiger partial charge in [0.05, 0.1) is 21.4 Å². The number of hydrogen-bond donors (Lipinski definition) is 2. The van der Waals surface area contributed by atoms with Gasteiger partial charge in [0.2, 0.25) is 0 Å². The molecule has 0 saturated heterocycles. The van der Waals surface area contributed by atoms with Crippen molar-refractivity contribution in [1.82, 2.24) is 20.4 Å². The first-order valence-corrected chi connectivity index (χ1v) is 10.5. The zero-order chi connectivity index (χ0) is 21.0. The van der Waals surface area contributed by atoms with Gasteiger partial charge in [-0.25, -0.2) is 9.78 Å². The van der Waals surface area contributed by atoms with Crippen molar-refractivity contribution in [2.24, 2.45) is 0 Å². The molecule has 29 heavy (non-hydrogen) atoms. The molecule has 1 aromatic carbocycles. The summed E-state index contributed by atoms with van der Waals surface area (Å²) in [4.78, 5) is 18.7. The largest absolute Gasteiger partial charge is 0.361 e. The van der Waals surface area contributed by atoms with Crippen molar-refractivity contribution in [1.29, 1.82) is 0 Å². The topological polar surface area (TPSA) is 83.3 Å². The Bertz CT molecular complexity index is 985. The zero-order valence-corrected chi connectivity index (χ0v) is 18.6.